The number of fused-ring (bicyclic) bond motifs is 2. The van der Waals surface area contributed by atoms with Crippen LogP contribution < -0.4 is 0 Å². The molecule has 2 aliphatic heterocycles. The van der Waals surface area contributed by atoms with Gasteiger partial charge in [0.1, 0.15) is 0 Å². The van der Waals surface area contributed by atoms with Gasteiger partial charge in [-0.15, -0.1) is 0 Å². The number of pyridine rings is 1. The van der Waals surface area contributed by atoms with Gasteiger partial charge in [0, 0.05) is 52.7 Å². The van der Waals surface area contributed by atoms with Gasteiger partial charge in [-0.25, -0.2) is 0 Å². The fourth-order valence-corrected chi connectivity index (χ4v) is 5.21. The average molecular weight is 298 g/mol. The highest BCUT2D eigenvalue weighted by molar-refractivity contribution is 7.86. The van der Waals surface area contributed by atoms with Crippen molar-refractivity contribution in [3.05, 3.63) is 54.2 Å². The first kappa shape index (κ1) is 13.2. The Balaban J connectivity index is 1.53. The summed E-state index contributed by atoms with van der Waals surface area (Å²) in [5, 5.41) is 0.411. The maximum atomic E-state index is 11.7. The van der Waals surface area contributed by atoms with Crippen LogP contribution in [0.3, 0.4) is 0 Å². The summed E-state index contributed by atoms with van der Waals surface area (Å²) in [6, 6.07) is 15.1. The highest BCUT2D eigenvalue weighted by atomic mass is 32.2. The average Bonchev–Trinajstić information content (AvgIpc) is 3.07. The molecule has 0 N–H and O–H groups in total. The fraction of sp³-hybridized carbons (Fsp3) is 0.353. The molecule has 3 nitrogen and oxygen atoms in total. The second-order valence-corrected chi connectivity index (χ2v) is 7.67. The first-order valence-electron chi connectivity index (χ1n) is 7.41. The monoisotopic (exact) mass is 298 g/mol. The quantitative estimate of drug-likeness (QED) is 0.873. The Hall–Kier alpha value is -1.52. The molecule has 1 aromatic carbocycles. The molecule has 0 spiro atoms. The van der Waals surface area contributed by atoms with E-state index in [2.05, 4.69) is 34.1 Å². The Bertz CT molecular complexity index is 674. The van der Waals surface area contributed by atoms with Gasteiger partial charge in [0.25, 0.3) is 0 Å². The number of aromatic nitrogens is 1. The summed E-state index contributed by atoms with van der Waals surface area (Å²) in [6.45, 7) is 1.95. The van der Waals surface area contributed by atoms with Crippen molar-refractivity contribution >= 4 is 10.8 Å². The maximum Gasteiger partial charge on any atom is 0.0702 e. The lowest BCUT2D eigenvalue weighted by atomic mass is 10.1. The van der Waals surface area contributed by atoms with Gasteiger partial charge in [0.15, 0.2) is 0 Å². The molecule has 1 aromatic heterocycles. The van der Waals surface area contributed by atoms with E-state index in [1.54, 1.807) is 0 Å². The fourth-order valence-electron chi connectivity index (χ4n) is 3.42. The van der Waals surface area contributed by atoms with Gasteiger partial charge in [0.2, 0.25) is 0 Å². The molecule has 2 aromatic rings. The molecule has 3 heterocycles. The van der Waals surface area contributed by atoms with Crippen LogP contribution in [-0.2, 0) is 17.3 Å². The first-order valence-corrected chi connectivity index (χ1v) is 8.79. The Morgan fingerprint density at radius 2 is 2.19 bits per heavy atom. The summed E-state index contributed by atoms with van der Waals surface area (Å²) in [5.41, 5.74) is 3.50. The lowest BCUT2D eigenvalue weighted by Crippen LogP contribution is -2.37. The summed E-state index contributed by atoms with van der Waals surface area (Å²) in [6.07, 6.45) is 2.95. The highest BCUT2D eigenvalue weighted by Gasteiger charge is 2.42. The molecule has 2 bridgehead atoms. The Morgan fingerprint density at radius 1 is 1.24 bits per heavy atom. The number of hydrogen-bond acceptors (Lipinski definition) is 3. The van der Waals surface area contributed by atoms with Crippen LogP contribution in [-0.4, -0.2) is 37.7 Å². The van der Waals surface area contributed by atoms with Gasteiger partial charge in [0.05, 0.1) is 5.69 Å². The van der Waals surface area contributed by atoms with Crippen molar-refractivity contribution in [1.29, 1.82) is 0 Å². The van der Waals surface area contributed by atoms with Gasteiger partial charge in [-0.3, -0.25) is 14.1 Å². The normalized spacial score (nSPS) is 28.1. The number of benzene rings is 1. The molecule has 4 rings (SSSR count). The summed E-state index contributed by atoms with van der Waals surface area (Å²) < 4.78 is 11.7. The minimum Gasteiger partial charge on any atom is -0.294 e. The lowest BCUT2D eigenvalue weighted by Gasteiger charge is -2.26. The Kier molecular flexibility index (Phi) is 3.36. The molecule has 2 aliphatic rings. The van der Waals surface area contributed by atoms with Crippen molar-refractivity contribution in [3.8, 4) is 11.3 Å². The van der Waals surface area contributed by atoms with Gasteiger partial charge in [-0.2, -0.15) is 0 Å². The van der Waals surface area contributed by atoms with E-state index in [0.29, 0.717) is 11.3 Å². The molecule has 0 amide bonds. The van der Waals surface area contributed by atoms with Crippen LogP contribution in [0.2, 0.25) is 0 Å². The van der Waals surface area contributed by atoms with Crippen LogP contribution >= 0.6 is 0 Å². The highest BCUT2D eigenvalue weighted by Crippen LogP contribution is 2.32. The van der Waals surface area contributed by atoms with Gasteiger partial charge >= 0.3 is 0 Å². The number of nitrogens with zero attached hydrogens (tertiary/aromatic N) is 2. The van der Waals surface area contributed by atoms with E-state index in [1.165, 1.54) is 11.1 Å². The van der Waals surface area contributed by atoms with Gasteiger partial charge < -0.3 is 0 Å². The minimum atomic E-state index is -0.575. The molecule has 0 saturated carbocycles. The van der Waals surface area contributed by atoms with Crippen LogP contribution in [0.15, 0.2) is 48.7 Å². The number of rotatable bonds is 3. The van der Waals surface area contributed by atoms with E-state index >= 15 is 0 Å². The Labute approximate surface area is 127 Å². The van der Waals surface area contributed by atoms with E-state index in [-0.39, 0.29) is 0 Å². The summed E-state index contributed by atoms with van der Waals surface area (Å²) in [5.74, 6) is 0.866. The largest absolute Gasteiger partial charge is 0.294 e. The predicted molar refractivity (Wildman–Crippen MR) is 85.3 cm³/mol. The molecule has 21 heavy (non-hydrogen) atoms. The molecule has 108 valence electrons. The van der Waals surface area contributed by atoms with E-state index in [1.807, 2.05) is 24.4 Å². The van der Waals surface area contributed by atoms with Crippen molar-refractivity contribution in [2.24, 2.45) is 0 Å². The van der Waals surface area contributed by atoms with Gasteiger partial charge in [-0.1, -0.05) is 24.3 Å². The van der Waals surface area contributed by atoms with E-state index in [0.717, 1.165) is 31.0 Å². The molecule has 4 heteroatoms. The third-order valence-electron chi connectivity index (χ3n) is 4.49. The first-order chi connectivity index (χ1) is 10.3. The standard InChI is InChI=1S/C17H18N2OS/c20-21-12-15-9-16(21)11-19(15)10-13-4-3-5-14(8-13)17-6-1-2-7-18-17/h1-8,15-16H,9-12H2/t15-,16-,21?/m0/s1. The van der Waals surface area contributed by atoms with Crippen molar-refractivity contribution in [2.45, 2.75) is 24.3 Å². The van der Waals surface area contributed by atoms with E-state index in [9.17, 15) is 4.21 Å². The lowest BCUT2D eigenvalue weighted by molar-refractivity contribution is 0.259. The second-order valence-electron chi connectivity index (χ2n) is 5.90. The predicted octanol–water partition coefficient (Wildman–Crippen LogP) is 2.45. The molecule has 0 radical (unpaired) electrons. The van der Waals surface area contributed by atoms with E-state index < -0.39 is 10.8 Å². The summed E-state index contributed by atoms with van der Waals surface area (Å²) in [7, 11) is -0.575. The molecule has 3 atom stereocenters. The topological polar surface area (TPSA) is 33.2 Å². The van der Waals surface area contributed by atoms with Crippen LogP contribution in [0.1, 0.15) is 12.0 Å². The zero-order valence-corrected chi connectivity index (χ0v) is 12.6. The zero-order valence-electron chi connectivity index (χ0n) is 11.8. The van der Waals surface area contributed by atoms with Crippen LogP contribution in [0.25, 0.3) is 11.3 Å². The third-order valence-corrected chi connectivity index (χ3v) is 6.29. The summed E-state index contributed by atoms with van der Waals surface area (Å²) in [4.78, 5) is 6.91. The van der Waals surface area contributed by atoms with E-state index in [4.69, 9.17) is 0 Å². The smallest absolute Gasteiger partial charge is 0.0702 e. The summed E-state index contributed by atoms with van der Waals surface area (Å²) >= 11 is 0. The SMILES string of the molecule is O=S1C[C@@H]2C[C@H]1CN2Cc1cccc(-c2ccccn2)c1. The minimum absolute atomic E-state index is 0.411. The zero-order chi connectivity index (χ0) is 14.2. The molecule has 0 aliphatic carbocycles. The van der Waals surface area contributed by atoms with Crippen molar-refractivity contribution in [3.63, 3.8) is 0 Å². The van der Waals surface area contributed by atoms with Crippen LogP contribution in [0, 0.1) is 0 Å². The number of likely N-dealkylation sites (tertiary alicyclic amines) is 1. The molecular weight excluding hydrogens is 280 g/mol. The van der Waals surface area contributed by atoms with Crippen LogP contribution in [0.4, 0.5) is 0 Å². The van der Waals surface area contributed by atoms with Crippen molar-refractivity contribution < 1.29 is 4.21 Å². The van der Waals surface area contributed by atoms with Crippen LogP contribution in [0.5, 0.6) is 0 Å². The molecule has 1 unspecified atom stereocenters. The second kappa shape index (κ2) is 5.35. The molecule has 2 saturated heterocycles. The molecule has 2 fully saturated rings. The third kappa shape index (κ3) is 2.54. The molecular formula is C17H18N2OS. The van der Waals surface area contributed by atoms with Gasteiger partial charge in [-0.05, 0) is 30.2 Å². The Morgan fingerprint density at radius 3 is 2.90 bits per heavy atom. The maximum absolute atomic E-state index is 11.7. The van der Waals surface area contributed by atoms with Crippen molar-refractivity contribution in [2.75, 3.05) is 12.3 Å². The number of hydrogen-bond donors (Lipinski definition) is 0. The van der Waals surface area contributed by atoms with Crippen molar-refractivity contribution in [1.82, 2.24) is 9.88 Å².